The van der Waals surface area contributed by atoms with Crippen molar-refractivity contribution in [3.8, 4) is 0 Å². The number of aliphatic hydroxyl groups is 1. The van der Waals surface area contributed by atoms with Crippen LogP contribution in [0.1, 0.15) is 13.3 Å². The molecule has 0 aromatic rings. The normalized spacial score (nSPS) is 41.7. The lowest BCUT2D eigenvalue weighted by Gasteiger charge is -2.36. The molecular weight excluding hydrogens is 130 g/mol. The van der Waals surface area contributed by atoms with Crippen molar-refractivity contribution in [1.82, 2.24) is 5.32 Å². The number of rotatable bonds is 1. The van der Waals surface area contributed by atoms with Crippen LogP contribution in [0.2, 0.25) is 0 Å². The predicted octanol–water partition coefficient (Wildman–Crippen LogP) is -0.254. The van der Waals surface area contributed by atoms with E-state index in [1.807, 2.05) is 0 Å². The van der Waals surface area contributed by atoms with Crippen molar-refractivity contribution in [3.63, 3.8) is 0 Å². The van der Waals surface area contributed by atoms with E-state index in [4.69, 9.17) is 4.74 Å². The maximum absolute atomic E-state index is 9.65. The molecule has 2 N–H and O–H groups in total. The molecule has 1 rings (SSSR count). The molecule has 0 unspecified atom stereocenters. The van der Waals surface area contributed by atoms with Crippen LogP contribution in [-0.2, 0) is 4.74 Å². The summed E-state index contributed by atoms with van der Waals surface area (Å²) in [5.74, 6) is 0. The van der Waals surface area contributed by atoms with E-state index in [0.717, 1.165) is 13.0 Å². The molecule has 0 aromatic heterocycles. The smallest absolute Gasteiger partial charge is 0.100 e. The molecule has 3 nitrogen and oxygen atoms in total. The first kappa shape index (κ1) is 7.98. The summed E-state index contributed by atoms with van der Waals surface area (Å²) in [6.45, 7) is 3.37. The Morgan fingerprint density at radius 2 is 2.40 bits per heavy atom. The third-order valence-electron chi connectivity index (χ3n) is 2.04. The Kier molecular flexibility index (Phi) is 2.28. The van der Waals surface area contributed by atoms with E-state index in [1.165, 1.54) is 0 Å². The first-order valence-electron chi connectivity index (χ1n) is 3.63. The highest BCUT2D eigenvalue weighted by molar-refractivity contribution is 4.89. The molecule has 1 aliphatic rings. The fourth-order valence-corrected chi connectivity index (χ4v) is 1.37. The number of ether oxygens (including phenoxy) is 1. The molecule has 0 radical (unpaired) electrons. The average Bonchev–Trinajstić information content (AvgIpc) is 1.87. The highest BCUT2D eigenvalue weighted by Crippen LogP contribution is 2.17. The van der Waals surface area contributed by atoms with E-state index < -0.39 is 5.60 Å². The highest BCUT2D eigenvalue weighted by atomic mass is 16.5. The molecule has 1 fully saturated rings. The van der Waals surface area contributed by atoms with Gasteiger partial charge in [-0.1, -0.05) is 0 Å². The molecule has 0 aromatic carbocycles. The largest absolute Gasteiger partial charge is 0.386 e. The summed E-state index contributed by atoms with van der Waals surface area (Å²) in [6, 6.07) is 0. The number of nitrogens with one attached hydrogen (secondary N) is 1. The Balaban J connectivity index is 2.51. The summed E-state index contributed by atoms with van der Waals surface area (Å²) in [6.07, 6.45) is 0.887. The summed E-state index contributed by atoms with van der Waals surface area (Å²) >= 11 is 0. The van der Waals surface area contributed by atoms with Gasteiger partial charge in [0.05, 0.1) is 6.10 Å². The standard InChI is InChI=1S/C7H15NO2/c1-7(9)5-8-4-3-6(7)10-2/h6,8-9H,3-5H2,1-2H3/t6-,7+/m1/s1. The van der Waals surface area contributed by atoms with Crippen molar-refractivity contribution in [2.45, 2.75) is 25.0 Å². The quantitative estimate of drug-likeness (QED) is 0.534. The maximum atomic E-state index is 9.65. The third-order valence-corrected chi connectivity index (χ3v) is 2.04. The molecule has 2 atom stereocenters. The number of hydrogen-bond donors (Lipinski definition) is 2. The number of methoxy groups -OCH3 is 1. The SMILES string of the molecule is CO[C@@H]1CCNC[C@]1(C)O. The second kappa shape index (κ2) is 2.86. The van der Waals surface area contributed by atoms with Crippen LogP contribution >= 0.6 is 0 Å². The molecule has 0 spiro atoms. The van der Waals surface area contributed by atoms with Gasteiger partial charge in [0, 0.05) is 13.7 Å². The van der Waals surface area contributed by atoms with Crippen molar-refractivity contribution in [1.29, 1.82) is 0 Å². The Hall–Kier alpha value is -0.120. The van der Waals surface area contributed by atoms with E-state index in [9.17, 15) is 5.11 Å². The van der Waals surface area contributed by atoms with Gasteiger partial charge in [-0.15, -0.1) is 0 Å². The second-order valence-corrected chi connectivity index (χ2v) is 3.05. The monoisotopic (exact) mass is 145 g/mol. The third kappa shape index (κ3) is 1.48. The van der Waals surface area contributed by atoms with Gasteiger partial charge in [0.25, 0.3) is 0 Å². The number of hydrogen-bond acceptors (Lipinski definition) is 3. The lowest BCUT2D eigenvalue weighted by atomic mass is 9.93. The fraction of sp³-hybridized carbons (Fsp3) is 1.00. The van der Waals surface area contributed by atoms with Crippen LogP contribution in [0, 0.1) is 0 Å². The minimum absolute atomic E-state index is 0.00579. The van der Waals surface area contributed by atoms with Crippen LogP contribution in [0.4, 0.5) is 0 Å². The first-order valence-corrected chi connectivity index (χ1v) is 3.63. The molecule has 60 valence electrons. The Labute approximate surface area is 61.4 Å². The summed E-state index contributed by atoms with van der Waals surface area (Å²) in [4.78, 5) is 0. The van der Waals surface area contributed by atoms with Crippen LogP contribution in [0.5, 0.6) is 0 Å². The summed E-state index contributed by atoms with van der Waals surface area (Å²) < 4.78 is 5.12. The molecule has 0 amide bonds. The lowest BCUT2D eigenvalue weighted by molar-refractivity contribution is -0.0954. The van der Waals surface area contributed by atoms with E-state index >= 15 is 0 Å². The van der Waals surface area contributed by atoms with E-state index in [2.05, 4.69) is 5.32 Å². The zero-order chi connectivity index (χ0) is 7.61. The minimum atomic E-state index is -0.688. The maximum Gasteiger partial charge on any atom is 0.100 e. The molecule has 1 saturated heterocycles. The summed E-state index contributed by atoms with van der Waals surface area (Å²) in [5.41, 5.74) is -0.688. The van der Waals surface area contributed by atoms with E-state index in [0.29, 0.717) is 6.54 Å². The summed E-state index contributed by atoms with van der Waals surface area (Å²) in [5, 5.41) is 12.8. The molecule has 1 heterocycles. The second-order valence-electron chi connectivity index (χ2n) is 3.05. The van der Waals surface area contributed by atoms with Crippen molar-refractivity contribution < 1.29 is 9.84 Å². The van der Waals surface area contributed by atoms with Crippen molar-refractivity contribution in [3.05, 3.63) is 0 Å². The van der Waals surface area contributed by atoms with Gasteiger partial charge in [-0.25, -0.2) is 0 Å². The highest BCUT2D eigenvalue weighted by Gasteiger charge is 2.34. The van der Waals surface area contributed by atoms with Gasteiger partial charge in [-0.05, 0) is 19.9 Å². The van der Waals surface area contributed by atoms with Crippen molar-refractivity contribution in [2.75, 3.05) is 20.2 Å². The Bertz CT molecular complexity index is 114. The van der Waals surface area contributed by atoms with Crippen LogP contribution < -0.4 is 5.32 Å². The molecule has 10 heavy (non-hydrogen) atoms. The zero-order valence-electron chi connectivity index (χ0n) is 6.55. The van der Waals surface area contributed by atoms with Crippen molar-refractivity contribution >= 4 is 0 Å². The molecule has 3 heteroatoms. The fourth-order valence-electron chi connectivity index (χ4n) is 1.37. The van der Waals surface area contributed by atoms with Crippen LogP contribution in [0.25, 0.3) is 0 Å². The minimum Gasteiger partial charge on any atom is -0.386 e. The predicted molar refractivity (Wildman–Crippen MR) is 38.9 cm³/mol. The van der Waals surface area contributed by atoms with Gasteiger partial charge < -0.3 is 15.2 Å². The van der Waals surface area contributed by atoms with Gasteiger partial charge in [0.2, 0.25) is 0 Å². The van der Waals surface area contributed by atoms with Gasteiger partial charge in [-0.3, -0.25) is 0 Å². The van der Waals surface area contributed by atoms with Gasteiger partial charge >= 0.3 is 0 Å². The average molecular weight is 145 g/mol. The topological polar surface area (TPSA) is 41.5 Å². The van der Waals surface area contributed by atoms with Gasteiger partial charge in [0.15, 0.2) is 0 Å². The molecule has 0 saturated carbocycles. The summed E-state index contributed by atoms with van der Waals surface area (Å²) in [7, 11) is 1.64. The Morgan fingerprint density at radius 1 is 1.70 bits per heavy atom. The number of piperidine rings is 1. The first-order chi connectivity index (χ1) is 4.67. The van der Waals surface area contributed by atoms with Crippen molar-refractivity contribution in [2.24, 2.45) is 0 Å². The van der Waals surface area contributed by atoms with E-state index in [-0.39, 0.29) is 6.10 Å². The molecule has 0 aliphatic carbocycles. The zero-order valence-corrected chi connectivity index (χ0v) is 6.55. The number of β-amino-alcohol motifs (C(OH)–C–C–N with tert-alkyl or cyclic N) is 1. The van der Waals surface area contributed by atoms with E-state index in [1.54, 1.807) is 14.0 Å². The lowest BCUT2D eigenvalue weighted by Crippen LogP contribution is -2.54. The van der Waals surface area contributed by atoms with Crippen LogP contribution in [0.3, 0.4) is 0 Å². The van der Waals surface area contributed by atoms with Gasteiger partial charge in [-0.2, -0.15) is 0 Å². The molecular formula is C7H15NO2. The molecule has 1 aliphatic heterocycles. The van der Waals surface area contributed by atoms with Gasteiger partial charge in [0.1, 0.15) is 5.60 Å². The Morgan fingerprint density at radius 3 is 2.80 bits per heavy atom. The van der Waals surface area contributed by atoms with Crippen LogP contribution in [-0.4, -0.2) is 37.0 Å². The van der Waals surface area contributed by atoms with Crippen LogP contribution in [0.15, 0.2) is 0 Å². The molecule has 0 bridgehead atoms.